The zero-order valence-electron chi connectivity index (χ0n) is 15.3. The molecule has 6 heteroatoms. The molecule has 126 valence electrons. The first kappa shape index (κ1) is 18.5. The number of nitrogens with zero attached hydrogens (tertiary/aromatic N) is 4. The fourth-order valence-electron chi connectivity index (χ4n) is 2.07. The number of hydrogen-bond donors (Lipinski definition) is 1. The Kier molecular flexibility index (Phi) is 6.00. The molecule has 0 spiro atoms. The summed E-state index contributed by atoms with van der Waals surface area (Å²) in [5.41, 5.74) is 1.96. The maximum atomic E-state index is 12.2. The fourth-order valence-corrected chi connectivity index (χ4v) is 2.07. The van der Waals surface area contributed by atoms with E-state index in [1.165, 1.54) is 0 Å². The Morgan fingerprint density at radius 1 is 1.32 bits per heavy atom. The van der Waals surface area contributed by atoms with Crippen LogP contribution >= 0.6 is 0 Å². The summed E-state index contributed by atoms with van der Waals surface area (Å²) in [5, 5.41) is 7.60. The van der Waals surface area contributed by atoms with E-state index in [1.54, 1.807) is 4.90 Å². The number of rotatable bonds is 5. The van der Waals surface area contributed by atoms with E-state index >= 15 is 0 Å². The molecular weight excluding hydrogens is 278 g/mol. The second kappa shape index (κ2) is 7.13. The third kappa shape index (κ3) is 5.02. The quantitative estimate of drug-likeness (QED) is 0.907. The maximum absolute atomic E-state index is 12.2. The van der Waals surface area contributed by atoms with Gasteiger partial charge in [0.25, 0.3) is 0 Å². The normalized spacial score (nSPS) is 13.3. The van der Waals surface area contributed by atoms with E-state index in [-0.39, 0.29) is 17.6 Å². The van der Waals surface area contributed by atoms with E-state index in [2.05, 4.69) is 36.1 Å². The van der Waals surface area contributed by atoms with Gasteiger partial charge in [-0.3, -0.25) is 4.68 Å². The monoisotopic (exact) mass is 309 g/mol. The highest BCUT2D eigenvalue weighted by molar-refractivity contribution is 5.74. The van der Waals surface area contributed by atoms with Gasteiger partial charge >= 0.3 is 6.03 Å². The van der Waals surface area contributed by atoms with Crippen molar-refractivity contribution in [1.29, 1.82) is 0 Å². The van der Waals surface area contributed by atoms with Crippen LogP contribution in [0.25, 0.3) is 0 Å². The van der Waals surface area contributed by atoms with E-state index in [4.69, 9.17) is 0 Å². The molecule has 1 N–H and O–H groups in total. The molecule has 1 atom stereocenters. The number of likely N-dealkylation sites (N-methyl/N-ethyl adjacent to an activating group) is 2. The van der Waals surface area contributed by atoms with Gasteiger partial charge in [0.05, 0.1) is 17.3 Å². The summed E-state index contributed by atoms with van der Waals surface area (Å²) in [4.78, 5) is 16.0. The van der Waals surface area contributed by atoms with Crippen LogP contribution in [-0.2, 0) is 5.54 Å². The van der Waals surface area contributed by atoms with Gasteiger partial charge < -0.3 is 15.1 Å². The van der Waals surface area contributed by atoms with Gasteiger partial charge in [0.1, 0.15) is 0 Å². The van der Waals surface area contributed by atoms with Gasteiger partial charge in [0.15, 0.2) is 0 Å². The van der Waals surface area contributed by atoms with Crippen molar-refractivity contribution in [3.05, 3.63) is 17.5 Å². The molecule has 1 heterocycles. The molecule has 1 rings (SSSR count). The van der Waals surface area contributed by atoms with Crippen molar-refractivity contribution in [3.63, 3.8) is 0 Å². The number of aryl methyl sites for hydroxylation is 1. The van der Waals surface area contributed by atoms with Crippen molar-refractivity contribution < 1.29 is 4.79 Å². The van der Waals surface area contributed by atoms with Gasteiger partial charge in [-0.05, 0) is 48.7 Å². The van der Waals surface area contributed by atoms with Crippen molar-refractivity contribution in [2.75, 3.05) is 34.2 Å². The molecule has 0 saturated heterocycles. The first-order valence-corrected chi connectivity index (χ1v) is 7.75. The molecule has 1 aromatic heterocycles. The summed E-state index contributed by atoms with van der Waals surface area (Å²) in [5.74, 6) is 0. The van der Waals surface area contributed by atoms with Crippen LogP contribution in [0.3, 0.4) is 0 Å². The topological polar surface area (TPSA) is 53.4 Å². The molecule has 0 fully saturated rings. The summed E-state index contributed by atoms with van der Waals surface area (Å²) >= 11 is 0. The van der Waals surface area contributed by atoms with E-state index < -0.39 is 0 Å². The van der Waals surface area contributed by atoms with Crippen molar-refractivity contribution in [3.8, 4) is 0 Å². The number of hydrogen-bond acceptors (Lipinski definition) is 3. The molecule has 0 aromatic carbocycles. The molecule has 6 nitrogen and oxygen atoms in total. The third-order valence-corrected chi connectivity index (χ3v) is 3.66. The number of aromatic nitrogens is 2. The predicted molar refractivity (Wildman–Crippen MR) is 90.1 cm³/mol. The van der Waals surface area contributed by atoms with E-state index in [0.717, 1.165) is 17.8 Å². The largest absolute Gasteiger partial charge is 0.331 e. The smallest absolute Gasteiger partial charge is 0.317 e. The van der Waals surface area contributed by atoms with Crippen LogP contribution in [0, 0.1) is 6.92 Å². The molecule has 0 aliphatic rings. The highest BCUT2D eigenvalue weighted by Crippen LogP contribution is 2.21. The van der Waals surface area contributed by atoms with E-state index in [1.807, 2.05) is 45.9 Å². The second-order valence-electron chi connectivity index (χ2n) is 7.18. The Morgan fingerprint density at radius 3 is 2.36 bits per heavy atom. The fraction of sp³-hybridized carbons (Fsp3) is 0.750. The minimum absolute atomic E-state index is 0.0581. The van der Waals surface area contributed by atoms with Crippen LogP contribution in [0.5, 0.6) is 0 Å². The summed E-state index contributed by atoms with van der Waals surface area (Å²) in [6.07, 6.45) is 2.03. The van der Waals surface area contributed by atoms with Gasteiger partial charge in [0, 0.05) is 31.9 Å². The Morgan fingerprint density at radius 2 is 1.91 bits per heavy atom. The van der Waals surface area contributed by atoms with Crippen LogP contribution in [0.1, 0.15) is 45.0 Å². The van der Waals surface area contributed by atoms with Crippen molar-refractivity contribution in [1.82, 2.24) is 24.9 Å². The zero-order chi connectivity index (χ0) is 17.1. The molecule has 0 aliphatic heterocycles. The molecule has 0 unspecified atom stereocenters. The van der Waals surface area contributed by atoms with Gasteiger partial charge in [0.2, 0.25) is 0 Å². The standard InChI is InChI=1S/C16H31N5O/c1-12(17-15(22)20(8)10-9-19(6)7)14-11-21(16(3,4)5)18-13(14)2/h11-12H,9-10H2,1-8H3,(H,17,22)/t12-/m1/s1. The number of nitrogens with one attached hydrogen (secondary N) is 1. The highest BCUT2D eigenvalue weighted by Gasteiger charge is 2.21. The van der Waals surface area contributed by atoms with Gasteiger partial charge in [-0.25, -0.2) is 4.79 Å². The summed E-state index contributed by atoms with van der Waals surface area (Å²) < 4.78 is 1.95. The van der Waals surface area contributed by atoms with Crippen LogP contribution in [0.4, 0.5) is 4.79 Å². The summed E-state index contributed by atoms with van der Waals surface area (Å²) in [7, 11) is 5.81. The summed E-state index contributed by atoms with van der Waals surface area (Å²) in [6.45, 7) is 11.9. The SMILES string of the molecule is Cc1nn(C(C)(C)C)cc1[C@@H](C)NC(=O)N(C)CCN(C)C. The molecular formula is C16H31N5O. The van der Waals surface area contributed by atoms with Crippen molar-refractivity contribution in [2.45, 2.75) is 46.2 Å². The highest BCUT2D eigenvalue weighted by atomic mass is 16.2. The average molecular weight is 309 g/mol. The van der Waals surface area contributed by atoms with Crippen LogP contribution in [0.15, 0.2) is 6.20 Å². The number of urea groups is 1. The molecule has 0 aliphatic carbocycles. The minimum Gasteiger partial charge on any atom is -0.331 e. The van der Waals surface area contributed by atoms with Crippen LogP contribution < -0.4 is 5.32 Å². The van der Waals surface area contributed by atoms with Crippen molar-refractivity contribution >= 4 is 6.03 Å². The first-order chi connectivity index (χ1) is 10.0. The maximum Gasteiger partial charge on any atom is 0.317 e. The van der Waals surface area contributed by atoms with E-state index in [0.29, 0.717) is 6.54 Å². The van der Waals surface area contributed by atoms with Crippen LogP contribution in [-0.4, -0.2) is 59.8 Å². The average Bonchev–Trinajstić information content (AvgIpc) is 2.77. The summed E-state index contributed by atoms with van der Waals surface area (Å²) in [6, 6.07) is -0.123. The second-order valence-corrected chi connectivity index (χ2v) is 7.18. The Bertz CT molecular complexity index is 501. The molecule has 0 radical (unpaired) electrons. The molecule has 0 saturated carbocycles. The van der Waals surface area contributed by atoms with Crippen LogP contribution in [0.2, 0.25) is 0 Å². The van der Waals surface area contributed by atoms with Crippen molar-refractivity contribution in [2.24, 2.45) is 0 Å². The number of carbonyl (C=O) groups is 1. The number of amides is 2. The molecule has 0 bridgehead atoms. The lowest BCUT2D eigenvalue weighted by Crippen LogP contribution is -2.41. The Balaban J connectivity index is 2.71. The lowest BCUT2D eigenvalue weighted by atomic mass is 10.1. The predicted octanol–water partition coefficient (Wildman–Crippen LogP) is 2.21. The molecule has 2 amide bonds. The first-order valence-electron chi connectivity index (χ1n) is 7.75. The third-order valence-electron chi connectivity index (χ3n) is 3.66. The Labute approximate surface area is 134 Å². The van der Waals surface area contributed by atoms with Gasteiger partial charge in [-0.15, -0.1) is 0 Å². The van der Waals surface area contributed by atoms with E-state index in [9.17, 15) is 4.79 Å². The molecule has 1 aromatic rings. The lowest BCUT2D eigenvalue weighted by Gasteiger charge is -2.23. The minimum atomic E-state index is -0.0644. The van der Waals surface area contributed by atoms with Gasteiger partial charge in [-0.1, -0.05) is 0 Å². The Hall–Kier alpha value is -1.56. The van der Waals surface area contributed by atoms with Gasteiger partial charge in [-0.2, -0.15) is 5.10 Å². The number of carbonyl (C=O) groups excluding carboxylic acids is 1. The molecule has 22 heavy (non-hydrogen) atoms. The lowest BCUT2D eigenvalue weighted by molar-refractivity contribution is 0.200. The zero-order valence-corrected chi connectivity index (χ0v) is 15.3.